The summed E-state index contributed by atoms with van der Waals surface area (Å²) in [5.41, 5.74) is 1.96. The molecule has 0 aliphatic heterocycles. The second kappa shape index (κ2) is 5.61. The van der Waals surface area contributed by atoms with E-state index in [-0.39, 0.29) is 0 Å². The quantitative estimate of drug-likeness (QED) is 0.770. The van der Waals surface area contributed by atoms with Crippen molar-refractivity contribution < 1.29 is 0 Å². The Bertz CT molecular complexity index is 725. The Hall–Kier alpha value is -1.91. The van der Waals surface area contributed by atoms with Gasteiger partial charge >= 0.3 is 0 Å². The fourth-order valence-electron chi connectivity index (χ4n) is 1.87. The first-order valence-corrected chi connectivity index (χ1v) is 7.38. The summed E-state index contributed by atoms with van der Waals surface area (Å²) in [6.07, 6.45) is 0. The molecule has 100 valence electrons. The molecule has 0 saturated carbocycles. The van der Waals surface area contributed by atoms with Crippen LogP contribution in [-0.2, 0) is 0 Å². The molecule has 5 heteroatoms. The van der Waals surface area contributed by atoms with Crippen molar-refractivity contribution in [1.29, 1.82) is 0 Å². The summed E-state index contributed by atoms with van der Waals surface area (Å²) < 4.78 is 0. The highest BCUT2D eigenvalue weighted by Crippen LogP contribution is 2.30. The maximum absolute atomic E-state index is 5.98. The van der Waals surface area contributed by atoms with E-state index in [2.05, 4.69) is 15.3 Å². The van der Waals surface area contributed by atoms with Crippen molar-refractivity contribution in [3.8, 4) is 22.0 Å². The zero-order valence-electron chi connectivity index (χ0n) is 10.8. The maximum atomic E-state index is 5.98. The summed E-state index contributed by atoms with van der Waals surface area (Å²) >= 11 is 7.52. The normalized spacial score (nSPS) is 10.5. The van der Waals surface area contributed by atoms with Gasteiger partial charge in [-0.1, -0.05) is 41.9 Å². The van der Waals surface area contributed by atoms with Gasteiger partial charge in [-0.15, -0.1) is 11.3 Å². The van der Waals surface area contributed by atoms with Gasteiger partial charge in [-0.05, 0) is 6.07 Å². The third-order valence-corrected chi connectivity index (χ3v) is 4.11. The van der Waals surface area contributed by atoms with Gasteiger partial charge in [0.1, 0.15) is 5.82 Å². The molecule has 0 aliphatic rings. The van der Waals surface area contributed by atoms with Gasteiger partial charge in [-0.25, -0.2) is 9.97 Å². The Kier molecular flexibility index (Phi) is 3.67. The lowest BCUT2D eigenvalue weighted by molar-refractivity contribution is 1.18. The van der Waals surface area contributed by atoms with E-state index >= 15 is 0 Å². The second-order valence-electron chi connectivity index (χ2n) is 4.21. The van der Waals surface area contributed by atoms with Crippen molar-refractivity contribution in [1.82, 2.24) is 9.97 Å². The first kappa shape index (κ1) is 13.1. The SMILES string of the molecule is CNc1cc(-c2ccccc2)nc(-c2cc(Cl)cs2)n1. The molecular weight excluding hydrogens is 290 g/mol. The van der Waals surface area contributed by atoms with E-state index in [1.807, 2.05) is 54.9 Å². The van der Waals surface area contributed by atoms with Crippen molar-refractivity contribution >= 4 is 28.8 Å². The van der Waals surface area contributed by atoms with Gasteiger partial charge in [0, 0.05) is 24.1 Å². The van der Waals surface area contributed by atoms with Gasteiger partial charge in [-0.2, -0.15) is 0 Å². The number of nitrogens with zero attached hydrogens (tertiary/aromatic N) is 2. The highest BCUT2D eigenvalue weighted by molar-refractivity contribution is 7.14. The number of nitrogens with one attached hydrogen (secondary N) is 1. The van der Waals surface area contributed by atoms with Gasteiger partial charge < -0.3 is 5.32 Å². The van der Waals surface area contributed by atoms with Crippen LogP contribution >= 0.6 is 22.9 Å². The standard InChI is InChI=1S/C15H12ClN3S/c1-17-14-8-12(10-5-3-2-4-6-10)18-15(19-14)13-7-11(16)9-20-13/h2-9H,1H3,(H,17,18,19). The van der Waals surface area contributed by atoms with Crippen LogP contribution in [0.5, 0.6) is 0 Å². The predicted octanol–water partition coefficient (Wildman–Crippen LogP) is 4.57. The number of hydrogen-bond acceptors (Lipinski definition) is 4. The summed E-state index contributed by atoms with van der Waals surface area (Å²) in [5, 5.41) is 5.67. The molecule has 0 spiro atoms. The van der Waals surface area contributed by atoms with Crippen LogP contribution < -0.4 is 5.32 Å². The zero-order valence-corrected chi connectivity index (χ0v) is 12.4. The number of hydrogen-bond donors (Lipinski definition) is 1. The Labute approximate surface area is 126 Å². The molecule has 0 fully saturated rings. The minimum absolute atomic E-state index is 0.688. The van der Waals surface area contributed by atoms with Crippen LogP contribution in [0, 0.1) is 0 Å². The van der Waals surface area contributed by atoms with Crippen LogP contribution in [0.2, 0.25) is 5.02 Å². The first-order valence-electron chi connectivity index (χ1n) is 6.13. The lowest BCUT2D eigenvalue weighted by atomic mass is 10.1. The molecule has 0 saturated heterocycles. The summed E-state index contributed by atoms with van der Waals surface area (Å²) in [6.45, 7) is 0. The average molecular weight is 302 g/mol. The third kappa shape index (κ3) is 2.66. The van der Waals surface area contributed by atoms with Crippen LogP contribution in [0.3, 0.4) is 0 Å². The predicted molar refractivity (Wildman–Crippen MR) is 85.3 cm³/mol. The highest BCUT2D eigenvalue weighted by atomic mass is 35.5. The number of anilines is 1. The highest BCUT2D eigenvalue weighted by Gasteiger charge is 2.09. The Balaban J connectivity index is 2.12. The van der Waals surface area contributed by atoms with Crippen LogP contribution in [-0.4, -0.2) is 17.0 Å². The molecule has 3 rings (SSSR count). The Morgan fingerprint density at radius 2 is 1.90 bits per heavy atom. The molecule has 0 bridgehead atoms. The average Bonchev–Trinajstić information content (AvgIpc) is 2.94. The van der Waals surface area contributed by atoms with Gasteiger partial charge in [0.2, 0.25) is 0 Å². The van der Waals surface area contributed by atoms with E-state index in [0.717, 1.165) is 22.0 Å². The summed E-state index contributed by atoms with van der Waals surface area (Å²) in [5.74, 6) is 1.48. The van der Waals surface area contributed by atoms with Crippen molar-refractivity contribution in [2.24, 2.45) is 0 Å². The molecule has 0 unspecified atom stereocenters. The Morgan fingerprint density at radius 3 is 2.55 bits per heavy atom. The minimum atomic E-state index is 0.688. The largest absolute Gasteiger partial charge is 0.373 e. The molecule has 1 N–H and O–H groups in total. The van der Waals surface area contributed by atoms with Crippen LogP contribution in [0.1, 0.15) is 0 Å². The summed E-state index contributed by atoms with van der Waals surface area (Å²) in [6, 6.07) is 13.9. The van der Waals surface area contributed by atoms with E-state index in [4.69, 9.17) is 11.6 Å². The molecule has 2 heterocycles. The van der Waals surface area contributed by atoms with Crippen LogP contribution in [0.15, 0.2) is 47.8 Å². The molecule has 1 aromatic carbocycles. The van der Waals surface area contributed by atoms with Crippen LogP contribution in [0.25, 0.3) is 22.0 Å². The van der Waals surface area contributed by atoms with E-state index in [9.17, 15) is 0 Å². The summed E-state index contributed by atoms with van der Waals surface area (Å²) in [4.78, 5) is 10.1. The molecular formula is C15H12ClN3S. The number of benzene rings is 1. The van der Waals surface area contributed by atoms with Gasteiger partial charge in [0.25, 0.3) is 0 Å². The fourth-order valence-corrected chi connectivity index (χ4v) is 2.88. The van der Waals surface area contributed by atoms with E-state index < -0.39 is 0 Å². The monoisotopic (exact) mass is 301 g/mol. The van der Waals surface area contributed by atoms with Crippen LogP contribution in [0.4, 0.5) is 5.82 Å². The molecule has 3 aromatic rings. The number of rotatable bonds is 3. The smallest absolute Gasteiger partial charge is 0.172 e. The third-order valence-electron chi connectivity index (χ3n) is 2.84. The van der Waals surface area contributed by atoms with Crippen molar-refractivity contribution in [2.45, 2.75) is 0 Å². The van der Waals surface area contributed by atoms with Gasteiger partial charge in [0.15, 0.2) is 5.82 Å². The van der Waals surface area contributed by atoms with Crippen molar-refractivity contribution in [3.63, 3.8) is 0 Å². The zero-order chi connectivity index (χ0) is 13.9. The molecule has 20 heavy (non-hydrogen) atoms. The number of halogens is 1. The van der Waals surface area contributed by atoms with E-state index in [1.54, 1.807) is 11.3 Å². The summed E-state index contributed by atoms with van der Waals surface area (Å²) in [7, 11) is 1.85. The van der Waals surface area contributed by atoms with Crippen molar-refractivity contribution in [2.75, 3.05) is 12.4 Å². The Morgan fingerprint density at radius 1 is 1.10 bits per heavy atom. The molecule has 0 aliphatic carbocycles. The number of aromatic nitrogens is 2. The minimum Gasteiger partial charge on any atom is -0.373 e. The van der Waals surface area contributed by atoms with Gasteiger partial charge in [-0.3, -0.25) is 0 Å². The lowest BCUT2D eigenvalue weighted by Crippen LogP contribution is -1.97. The van der Waals surface area contributed by atoms with E-state index in [1.165, 1.54) is 0 Å². The molecule has 0 radical (unpaired) electrons. The lowest BCUT2D eigenvalue weighted by Gasteiger charge is -2.07. The van der Waals surface area contributed by atoms with E-state index in [0.29, 0.717) is 10.8 Å². The molecule has 0 amide bonds. The molecule has 0 atom stereocenters. The van der Waals surface area contributed by atoms with Crippen molar-refractivity contribution in [3.05, 3.63) is 52.9 Å². The number of thiophene rings is 1. The molecule has 3 nitrogen and oxygen atoms in total. The fraction of sp³-hybridized carbons (Fsp3) is 0.0667. The second-order valence-corrected chi connectivity index (χ2v) is 5.55. The maximum Gasteiger partial charge on any atom is 0.172 e. The first-order chi connectivity index (χ1) is 9.76. The van der Waals surface area contributed by atoms with Gasteiger partial charge in [0.05, 0.1) is 15.6 Å². The molecule has 2 aromatic heterocycles. The topological polar surface area (TPSA) is 37.8 Å².